The Morgan fingerprint density at radius 3 is 2.38 bits per heavy atom. The summed E-state index contributed by atoms with van der Waals surface area (Å²) in [5.74, 6) is 1.85. The van der Waals surface area contributed by atoms with Crippen molar-refractivity contribution in [3.05, 3.63) is 0 Å². The fourth-order valence-corrected chi connectivity index (χ4v) is 8.02. The summed E-state index contributed by atoms with van der Waals surface area (Å²) in [6.07, 6.45) is 8.92. The molecule has 4 aliphatic rings. The Morgan fingerprint density at radius 1 is 0.917 bits per heavy atom. The van der Waals surface area contributed by atoms with Crippen LogP contribution in [0, 0.1) is 34.5 Å². The van der Waals surface area contributed by atoms with Crippen LogP contribution in [0.4, 0.5) is 0 Å². The number of aliphatic hydroxyl groups excluding tert-OH is 2. The first-order chi connectivity index (χ1) is 11.2. The Hall–Kier alpha value is -0.120. The van der Waals surface area contributed by atoms with Crippen LogP contribution in [-0.4, -0.2) is 33.1 Å². The molecule has 3 heteroatoms. The van der Waals surface area contributed by atoms with Crippen molar-refractivity contribution < 1.29 is 15.3 Å². The Morgan fingerprint density at radius 2 is 1.67 bits per heavy atom. The highest BCUT2D eigenvalue weighted by molar-refractivity contribution is 5.17. The van der Waals surface area contributed by atoms with E-state index in [1.54, 1.807) is 0 Å². The minimum absolute atomic E-state index is 0.109. The van der Waals surface area contributed by atoms with E-state index in [-0.39, 0.29) is 23.5 Å². The average Bonchev–Trinajstić information content (AvgIpc) is 2.80. The molecule has 4 rings (SSSR count). The van der Waals surface area contributed by atoms with Gasteiger partial charge in [-0.2, -0.15) is 0 Å². The lowest BCUT2D eigenvalue weighted by molar-refractivity contribution is -0.215. The van der Waals surface area contributed by atoms with Gasteiger partial charge in [-0.15, -0.1) is 0 Å². The topological polar surface area (TPSA) is 60.7 Å². The molecule has 24 heavy (non-hydrogen) atoms. The van der Waals surface area contributed by atoms with E-state index in [1.165, 1.54) is 6.42 Å². The van der Waals surface area contributed by atoms with Crippen LogP contribution in [0.1, 0.15) is 78.6 Å². The predicted molar refractivity (Wildman–Crippen MR) is 94.4 cm³/mol. The first kappa shape index (κ1) is 17.3. The smallest absolute Gasteiger partial charge is 0.0735 e. The van der Waals surface area contributed by atoms with Crippen molar-refractivity contribution in [2.24, 2.45) is 34.5 Å². The molecule has 0 spiro atoms. The van der Waals surface area contributed by atoms with Gasteiger partial charge in [0.05, 0.1) is 17.8 Å². The summed E-state index contributed by atoms with van der Waals surface area (Å²) in [5, 5.41) is 32.3. The van der Waals surface area contributed by atoms with Crippen molar-refractivity contribution in [3.63, 3.8) is 0 Å². The van der Waals surface area contributed by atoms with E-state index in [4.69, 9.17) is 0 Å². The number of hydrogen-bond acceptors (Lipinski definition) is 3. The van der Waals surface area contributed by atoms with Gasteiger partial charge in [0.15, 0.2) is 0 Å². The van der Waals surface area contributed by atoms with E-state index in [0.29, 0.717) is 23.2 Å². The molecule has 4 saturated carbocycles. The second-order valence-electron chi connectivity index (χ2n) is 10.2. The molecule has 0 bridgehead atoms. The molecule has 9 atom stereocenters. The van der Waals surface area contributed by atoms with Gasteiger partial charge in [-0.3, -0.25) is 0 Å². The summed E-state index contributed by atoms with van der Waals surface area (Å²) in [5.41, 5.74) is -0.427. The quantitative estimate of drug-likeness (QED) is 0.687. The highest BCUT2D eigenvalue weighted by Gasteiger charge is 2.67. The molecular weight excluding hydrogens is 300 g/mol. The van der Waals surface area contributed by atoms with Gasteiger partial charge in [-0.1, -0.05) is 13.8 Å². The normalized spacial score (nSPS) is 58.5. The molecule has 0 aliphatic heterocycles. The summed E-state index contributed by atoms with van der Waals surface area (Å²) < 4.78 is 0. The number of hydrogen-bond donors (Lipinski definition) is 3. The first-order valence-corrected chi connectivity index (χ1v) is 10.3. The van der Waals surface area contributed by atoms with Crippen LogP contribution in [0.15, 0.2) is 0 Å². The summed E-state index contributed by atoms with van der Waals surface area (Å²) >= 11 is 0. The van der Waals surface area contributed by atoms with E-state index in [2.05, 4.69) is 13.8 Å². The van der Waals surface area contributed by atoms with Gasteiger partial charge in [0.2, 0.25) is 0 Å². The fraction of sp³-hybridized carbons (Fsp3) is 1.00. The van der Waals surface area contributed by atoms with Gasteiger partial charge in [-0.25, -0.2) is 0 Å². The minimum Gasteiger partial charge on any atom is -0.393 e. The van der Waals surface area contributed by atoms with Gasteiger partial charge in [0.1, 0.15) is 0 Å². The van der Waals surface area contributed by atoms with Crippen molar-refractivity contribution in [1.29, 1.82) is 0 Å². The van der Waals surface area contributed by atoms with Crippen LogP contribution in [0.3, 0.4) is 0 Å². The molecule has 0 aromatic heterocycles. The van der Waals surface area contributed by atoms with Gasteiger partial charge in [0.25, 0.3) is 0 Å². The second kappa shape index (κ2) is 5.44. The van der Waals surface area contributed by atoms with Crippen molar-refractivity contribution in [2.45, 2.75) is 96.4 Å². The molecule has 0 saturated heterocycles. The molecule has 4 aliphatic carbocycles. The van der Waals surface area contributed by atoms with Crippen LogP contribution in [0.5, 0.6) is 0 Å². The Balaban J connectivity index is 1.66. The lowest BCUT2D eigenvalue weighted by Crippen LogP contribution is -2.62. The first-order valence-electron chi connectivity index (χ1n) is 10.3. The summed E-state index contributed by atoms with van der Waals surface area (Å²) in [6, 6.07) is 0. The standard InChI is InChI=1S/C21H36O3/c1-13(22)16-8-11-21(24)18-5-4-14-12-15(23)6-9-19(14,2)17(18)7-10-20(16,21)3/h13-18,22-24H,4-12H2,1-3H3/t13-,14?,15-,16+,17-,18+,19-,20+,21-/m0/s1. The highest BCUT2D eigenvalue weighted by Crippen LogP contribution is 2.69. The molecule has 0 aromatic carbocycles. The van der Waals surface area contributed by atoms with E-state index in [0.717, 1.165) is 51.4 Å². The van der Waals surface area contributed by atoms with Gasteiger partial charge >= 0.3 is 0 Å². The molecular formula is C21H36O3. The zero-order valence-corrected chi connectivity index (χ0v) is 15.7. The Bertz CT molecular complexity index is 505. The third kappa shape index (κ3) is 2.07. The van der Waals surface area contributed by atoms with Crippen molar-refractivity contribution >= 4 is 0 Å². The van der Waals surface area contributed by atoms with Crippen LogP contribution < -0.4 is 0 Å². The molecule has 1 unspecified atom stereocenters. The maximum absolute atomic E-state index is 11.9. The van der Waals surface area contributed by atoms with E-state index in [1.807, 2.05) is 6.92 Å². The molecule has 4 fully saturated rings. The van der Waals surface area contributed by atoms with Crippen molar-refractivity contribution in [2.75, 3.05) is 0 Å². The maximum Gasteiger partial charge on any atom is 0.0735 e. The molecule has 0 aromatic rings. The zero-order valence-electron chi connectivity index (χ0n) is 15.7. The van der Waals surface area contributed by atoms with E-state index in [9.17, 15) is 15.3 Å². The number of fused-ring (bicyclic) bond motifs is 5. The van der Waals surface area contributed by atoms with Crippen molar-refractivity contribution in [3.8, 4) is 0 Å². The summed E-state index contributed by atoms with van der Waals surface area (Å²) in [6.45, 7) is 6.62. The van der Waals surface area contributed by atoms with Crippen molar-refractivity contribution in [1.82, 2.24) is 0 Å². The SMILES string of the molecule is C[C@H](O)[C@H]1CC[C@]2(O)[C@@H]3CCC4C[C@@H](O)CC[C@]4(C)[C@H]3CC[C@]12C. The molecule has 3 N–H and O–H groups in total. The van der Waals surface area contributed by atoms with Crippen LogP contribution in [0.2, 0.25) is 0 Å². The monoisotopic (exact) mass is 336 g/mol. The minimum atomic E-state index is -0.596. The predicted octanol–water partition coefficient (Wildman–Crippen LogP) is 3.50. The third-order valence-corrected chi connectivity index (χ3v) is 9.48. The van der Waals surface area contributed by atoms with Crippen LogP contribution >= 0.6 is 0 Å². The van der Waals surface area contributed by atoms with Gasteiger partial charge in [0, 0.05) is 5.41 Å². The number of rotatable bonds is 1. The maximum atomic E-state index is 11.9. The second-order valence-corrected chi connectivity index (χ2v) is 10.2. The van der Waals surface area contributed by atoms with E-state index < -0.39 is 5.60 Å². The lowest BCUT2D eigenvalue weighted by Gasteiger charge is -2.63. The molecule has 3 nitrogen and oxygen atoms in total. The average molecular weight is 337 g/mol. The molecule has 0 amide bonds. The lowest BCUT2D eigenvalue weighted by atomic mass is 9.43. The van der Waals surface area contributed by atoms with Crippen LogP contribution in [0.25, 0.3) is 0 Å². The third-order valence-electron chi connectivity index (χ3n) is 9.48. The van der Waals surface area contributed by atoms with Gasteiger partial charge in [-0.05, 0) is 93.8 Å². The van der Waals surface area contributed by atoms with E-state index >= 15 is 0 Å². The number of aliphatic hydroxyl groups is 3. The van der Waals surface area contributed by atoms with Crippen LogP contribution in [-0.2, 0) is 0 Å². The molecule has 138 valence electrons. The Labute approximate surface area is 146 Å². The Kier molecular flexibility index (Phi) is 3.92. The summed E-state index contributed by atoms with van der Waals surface area (Å²) in [7, 11) is 0. The zero-order chi connectivity index (χ0) is 17.3. The van der Waals surface area contributed by atoms with Gasteiger partial charge < -0.3 is 15.3 Å². The largest absolute Gasteiger partial charge is 0.393 e. The molecule has 0 heterocycles. The highest BCUT2D eigenvalue weighted by atomic mass is 16.3. The molecule has 0 radical (unpaired) electrons. The fourth-order valence-electron chi connectivity index (χ4n) is 8.02. The summed E-state index contributed by atoms with van der Waals surface area (Å²) in [4.78, 5) is 0.